The lowest BCUT2D eigenvalue weighted by Gasteiger charge is -2.26. The molecule has 0 fully saturated rings. The zero-order valence-corrected chi connectivity index (χ0v) is 19.2. The van der Waals surface area contributed by atoms with Crippen LogP contribution in [0.3, 0.4) is 0 Å². The van der Waals surface area contributed by atoms with Gasteiger partial charge in [0.15, 0.2) is 5.96 Å². The zero-order chi connectivity index (χ0) is 18.9. The fourth-order valence-electron chi connectivity index (χ4n) is 2.83. The first kappa shape index (κ1) is 23.2. The highest BCUT2D eigenvalue weighted by molar-refractivity contribution is 14.0. The maximum absolute atomic E-state index is 5.25. The van der Waals surface area contributed by atoms with Crippen molar-refractivity contribution < 1.29 is 4.74 Å². The van der Waals surface area contributed by atoms with Crippen molar-refractivity contribution >= 4 is 29.9 Å². The van der Waals surface area contributed by atoms with E-state index in [1.165, 1.54) is 16.7 Å². The monoisotopic (exact) mass is 482 g/mol. The molecule has 0 aliphatic rings. The highest BCUT2D eigenvalue weighted by Crippen LogP contribution is 2.20. The van der Waals surface area contributed by atoms with Crippen LogP contribution in [0, 0.1) is 6.92 Å². The molecule has 0 saturated carbocycles. The number of hydrogen-bond acceptors (Lipinski definition) is 3. The Morgan fingerprint density at radius 2 is 1.74 bits per heavy atom. The quantitative estimate of drug-likeness (QED) is 0.360. The summed E-state index contributed by atoms with van der Waals surface area (Å²) in [6.45, 7) is 3.63. The molecular formula is C21H31IN4O. The SMILES string of the molecule is CN=C(NCc1ccccc1C)NCC(c1ccc(OC)cc1)N(C)C.I. The third-order valence-electron chi connectivity index (χ3n) is 4.52. The average Bonchev–Trinajstić information content (AvgIpc) is 2.65. The standard InChI is InChI=1S/C21H30N4O.HI/c1-16-8-6-7-9-18(16)14-23-21(22-2)24-15-20(25(3)4)17-10-12-19(26-5)13-11-17;/h6-13,20H,14-15H2,1-5H3,(H2,22,23,24);1H. The highest BCUT2D eigenvalue weighted by atomic mass is 127. The van der Waals surface area contributed by atoms with Crippen LogP contribution >= 0.6 is 24.0 Å². The molecular weight excluding hydrogens is 451 g/mol. The summed E-state index contributed by atoms with van der Waals surface area (Å²) in [5.41, 5.74) is 3.78. The molecule has 27 heavy (non-hydrogen) atoms. The Labute approximate surface area is 180 Å². The minimum Gasteiger partial charge on any atom is -0.497 e. The van der Waals surface area contributed by atoms with E-state index in [-0.39, 0.29) is 30.0 Å². The summed E-state index contributed by atoms with van der Waals surface area (Å²) in [4.78, 5) is 6.54. The van der Waals surface area contributed by atoms with Gasteiger partial charge in [0.1, 0.15) is 5.75 Å². The van der Waals surface area contributed by atoms with Gasteiger partial charge in [-0.15, -0.1) is 24.0 Å². The van der Waals surface area contributed by atoms with Gasteiger partial charge in [-0.1, -0.05) is 36.4 Å². The second-order valence-electron chi connectivity index (χ2n) is 6.49. The molecule has 2 aromatic rings. The van der Waals surface area contributed by atoms with Crippen LogP contribution in [0.25, 0.3) is 0 Å². The van der Waals surface area contributed by atoms with Crippen LogP contribution in [0.1, 0.15) is 22.7 Å². The largest absolute Gasteiger partial charge is 0.497 e. The summed E-state index contributed by atoms with van der Waals surface area (Å²) < 4.78 is 5.25. The van der Waals surface area contributed by atoms with Crippen molar-refractivity contribution in [3.05, 3.63) is 65.2 Å². The predicted octanol–water partition coefficient (Wildman–Crippen LogP) is 3.59. The normalized spacial score (nSPS) is 12.3. The highest BCUT2D eigenvalue weighted by Gasteiger charge is 2.15. The summed E-state index contributed by atoms with van der Waals surface area (Å²) in [6, 6.07) is 16.8. The van der Waals surface area contributed by atoms with E-state index in [0.717, 1.165) is 24.8 Å². The van der Waals surface area contributed by atoms with Crippen LogP contribution in [-0.4, -0.2) is 45.7 Å². The van der Waals surface area contributed by atoms with Crippen LogP contribution in [0.4, 0.5) is 0 Å². The minimum atomic E-state index is 0. The number of likely N-dealkylation sites (N-methyl/N-ethyl adjacent to an activating group) is 1. The molecule has 0 bridgehead atoms. The lowest BCUT2D eigenvalue weighted by atomic mass is 10.1. The number of guanidine groups is 1. The summed E-state index contributed by atoms with van der Waals surface area (Å²) in [5, 5.41) is 6.82. The van der Waals surface area contributed by atoms with E-state index in [0.29, 0.717) is 0 Å². The first-order valence-electron chi connectivity index (χ1n) is 8.84. The van der Waals surface area contributed by atoms with Crippen molar-refractivity contribution in [2.45, 2.75) is 19.5 Å². The minimum absolute atomic E-state index is 0. The average molecular weight is 482 g/mol. The van der Waals surface area contributed by atoms with Crippen molar-refractivity contribution in [3.8, 4) is 5.75 Å². The number of halogens is 1. The molecule has 148 valence electrons. The van der Waals surface area contributed by atoms with Crippen LogP contribution < -0.4 is 15.4 Å². The Balaban J connectivity index is 0.00000364. The lowest BCUT2D eigenvalue weighted by molar-refractivity contribution is 0.298. The summed E-state index contributed by atoms with van der Waals surface area (Å²) >= 11 is 0. The molecule has 1 unspecified atom stereocenters. The molecule has 2 aromatic carbocycles. The van der Waals surface area contributed by atoms with Gasteiger partial charge in [0.25, 0.3) is 0 Å². The number of ether oxygens (including phenoxy) is 1. The van der Waals surface area contributed by atoms with Gasteiger partial charge in [0.05, 0.1) is 13.2 Å². The molecule has 0 aromatic heterocycles. The van der Waals surface area contributed by atoms with E-state index < -0.39 is 0 Å². The number of aliphatic imine (C=N–C) groups is 1. The second-order valence-corrected chi connectivity index (χ2v) is 6.49. The zero-order valence-electron chi connectivity index (χ0n) is 16.8. The summed E-state index contributed by atoms with van der Waals surface area (Å²) in [6.07, 6.45) is 0. The van der Waals surface area contributed by atoms with Gasteiger partial charge in [0.2, 0.25) is 0 Å². The van der Waals surface area contributed by atoms with E-state index in [1.54, 1.807) is 14.2 Å². The Morgan fingerprint density at radius 1 is 1.07 bits per heavy atom. The van der Waals surface area contributed by atoms with Crippen molar-refractivity contribution in [2.75, 3.05) is 34.8 Å². The fraction of sp³-hybridized carbons (Fsp3) is 0.381. The molecule has 0 heterocycles. The van der Waals surface area contributed by atoms with E-state index >= 15 is 0 Å². The Morgan fingerprint density at radius 3 is 2.30 bits per heavy atom. The van der Waals surface area contributed by atoms with E-state index in [9.17, 15) is 0 Å². The smallest absolute Gasteiger partial charge is 0.191 e. The van der Waals surface area contributed by atoms with Crippen LogP contribution in [0.5, 0.6) is 5.75 Å². The number of nitrogens with zero attached hydrogens (tertiary/aromatic N) is 2. The number of nitrogens with one attached hydrogen (secondary N) is 2. The molecule has 0 spiro atoms. The van der Waals surface area contributed by atoms with Crippen molar-refractivity contribution in [3.63, 3.8) is 0 Å². The number of benzene rings is 2. The molecule has 0 saturated heterocycles. The van der Waals surface area contributed by atoms with Crippen molar-refractivity contribution in [1.29, 1.82) is 0 Å². The number of rotatable bonds is 7. The molecule has 0 radical (unpaired) electrons. The molecule has 0 aliphatic carbocycles. The van der Waals surface area contributed by atoms with Gasteiger partial charge in [-0.2, -0.15) is 0 Å². The first-order chi connectivity index (χ1) is 12.5. The van der Waals surface area contributed by atoms with Gasteiger partial charge in [-0.3, -0.25) is 4.99 Å². The first-order valence-corrected chi connectivity index (χ1v) is 8.84. The fourth-order valence-corrected chi connectivity index (χ4v) is 2.83. The predicted molar refractivity (Wildman–Crippen MR) is 124 cm³/mol. The third kappa shape index (κ3) is 7.03. The van der Waals surface area contributed by atoms with Crippen LogP contribution in [-0.2, 0) is 6.54 Å². The van der Waals surface area contributed by atoms with Gasteiger partial charge in [-0.05, 0) is 49.8 Å². The van der Waals surface area contributed by atoms with E-state index in [1.807, 2.05) is 12.1 Å². The molecule has 6 heteroatoms. The van der Waals surface area contributed by atoms with Gasteiger partial charge < -0.3 is 20.3 Å². The number of methoxy groups -OCH3 is 1. The van der Waals surface area contributed by atoms with Crippen LogP contribution in [0.15, 0.2) is 53.5 Å². The maximum Gasteiger partial charge on any atom is 0.191 e. The maximum atomic E-state index is 5.25. The Bertz CT molecular complexity index is 716. The second kappa shape index (κ2) is 11.8. The Hall–Kier alpha value is -1.80. The van der Waals surface area contributed by atoms with Crippen molar-refractivity contribution in [2.24, 2.45) is 4.99 Å². The van der Waals surface area contributed by atoms with Crippen LogP contribution in [0.2, 0.25) is 0 Å². The van der Waals surface area contributed by atoms with Gasteiger partial charge in [0, 0.05) is 20.1 Å². The van der Waals surface area contributed by atoms with Gasteiger partial charge >= 0.3 is 0 Å². The molecule has 2 rings (SSSR count). The molecule has 2 N–H and O–H groups in total. The topological polar surface area (TPSA) is 48.9 Å². The summed E-state index contributed by atoms with van der Waals surface area (Å²) in [5.74, 6) is 1.67. The number of aryl methyl sites for hydroxylation is 1. The third-order valence-corrected chi connectivity index (χ3v) is 4.52. The molecule has 0 aliphatic heterocycles. The van der Waals surface area contributed by atoms with E-state index in [2.05, 4.69) is 77.9 Å². The lowest BCUT2D eigenvalue weighted by Crippen LogP contribution is -2.41. The molecule has 0 amide bonds. The van der Waals surface area contributed by atoms with Crippen molar-refractivity contribution in [1.82, 2.24) is 15.5 Å². The molecule has 1 atom stereocenters. The Kier molecular flexibility index (Phi) is 10.2. The van der Waals surface area contributed by atoms with Gasteiger partial charge in [-0.25, -0.2) is 0 Å². The van der Waals surface area contributed by atoms with E-state index in [4.69, 9.17) is 4.74 Å². The number of hydrogen-bond donors (Lipinski definition) is 2. The molecule has 5 nitrogen and oxygen atoms in total. The summed E-state index contributed by atoms with van der Waals surface area (Å²) in [7, 11) is 7.65.